The summed E-state index contributed by atoms with van der Waals surface area (Å²) in [6.07, 6.45) is 4.44. The van der Waals surface area contributed by atoms with Gasteiger partial charge in [-0.2, -0.15) is 0 Å². The number of nitrogens with zero attached hydrogens (tertiary/aromatic N) is 2. The molecule has 0 N–H and O–H groups in total. The molecule has 1 saturated heterocycles. The van der Waals surface area contributed by atoms with E-state index in [1.807, 2.05) is 29.2 Å². The molecular weight excluding hydrogens is 404 g/mol. The number of amides is 1. The van der Waals surface area contributed by atoms with Gasteiger partial charge in [0.05, 0.1) is 13.3 Å². The molecule has 2 heterocycles. The maximum Gasteiger partial charge on any atom is 0.223 e. The van der Waals surface area contributed by atoms with Crippen LogP contribution in [0.5, 0.6) is 11.5 Å². The number of piperidine rings is 1. The molecule has 2 aromatic carbocycles. The van der Waals surface area contributed by atoms with Crippen LogP contribution < -0.4 is 9.47 Å². The van der Waals surface area contributed by atoms with Crippen molar-refractivity contribution in [1.29, 1.82) is 0 Å². The number of hydrogen-bond acceptors (Lipinski definition) is 5. The zero-order valence-corrected chi connectivity index (χ0v) is 19.0. The molecule has 0 bridgehead atoms. The van der Waals surface area contributed by atoms with E-state index in [0.29, 0.717) is 24.5 Å². The highest BCUT2D eigenvalue weighted by atomic mass is 16.5. The Morgan fingerprint density at radius 3 is 2.59 bits per heavy atom. The molecule has 0 atom stereocenters. The fourth-order valence-corrected chi connectivity index (χ4v) is 3.92. The van der Waals surface area contributed by atoms with Crippen LogP contribution in [0.4, 0.5) is 0 Å². The standard InChI is InChI=1S/C26H30N2O4/c1-18-4-5-19(2)23(16-18)31-22-12-14-28(15-13-22)26(29)11-10-25-27-17-24(32-25)20-6-8-21(30-3)9-7-20/h4-9,16-17,22H,10-15H2,1-3H3. The Labute approximate surface area is 189 Å². The van der Waals surface area contributed by atoms with Crippen molar-refractivity contribution in [1.82, 2.24) is 9.88 Å². The summed E-state index contributed by atoms with van der Waals surface area (Å²) in [7, 11) is 1.64. The van der Waals surface area contributed by atoms with E-state index >= 15 is 0 Å². The summed E-state index contributed by atoms with van der Waals surface area (Å²) in [6.45, 7) is 5.58. The lowest BCUT2D eigenvalue weighted by atomic mass is 10.1. The quantitative estimate of drug-likeness (QED) is 0.525. The van der Waals surface area contributed by atoms with Crippen molar-refractivity contribution in [2.24, 2.45) is 0 Å². The fraction of sp³-hybridized carbons (Fsp3) is 0.385. The molecule has 4 rings (SSSR count). The van der Waals surface area contributed by atoms with Gasteiger partial charge < -0.3 is 18.8 Å². The Hall–Kier alpha value is -3.28. The van der Waals surface area contributed by atoms with Gasteiger partial charge in [-0.15, -0.1) is 0 Å². The number of likely N-dealkylation sites (tertiary alicyclic amines) is 1. The van der Waals surface area contributed by atoms with Crippen LogP contribution in [0.15, 0.2) is 53.1 Å². The Morgan fingerprint density at radius 2 is 1.88 bits per heavy atom. The second kappa shape index (κ2) is 9.90. The molecule has 0 aliphatic carbocycles. The van der Waals surface area contributed by atoms with E-state index in [9.17, 15) is 4.79 Å². The van der Waals surface area contributed by atoms with Gasteiger partial charge in [-0.25, -0.2) is 4.98 Å². The number of oxazole rings is 1. The topological polar surface area (TPSA) is 64.8 Å². The first-order chi connectivity index (χ1) is 15.5. The van der Waals surface area contributed by atoms with Gasteiger partial charge in [-0.3, -0.25) is 4.79 Å². The predicted molar refractivity (Wildman–Crippen MR) is 123 cm³/mol. The highest BCUT2D eigenvalue weighted by Gasteiger charge is 2.24. The number of rotatable bonds is 7. The summed E-state index contributed by atoms with van der Waals surface area (Å²) in [5, 5.41) is 0. The predicted octanol–water partition coefficient (Wildman–Crippen LogP) is 4.97. The first-order valence-electron chi connectivity index (χ1n) is 11.1. The van der Waals surface area contributed by atoms with E-state index in [1.165, 1.54) is 5.56 Å². The number of methoxy groups -OCH3 is 1. The number of ether oxygens (including phenoxy) is 2. The zero-order valence-electron chi connectivity index (χ0n) is 19.0. The van der Waals surface area contributed by atoms with Crippen LogP contribution in [0.1, 0.15) is 36.3 Å². The summed E-state index contributed by atoms with van der Waals surface area (Å²) < 4.78 is 17.2. The lowest BCUT2D eigenvalue weighted by Crippen LogP contribution is -2.41. The van der Waals surface area contributed by atoms with Crippen LogP contribution in [0, 0.1) is 13.8 Å². The maximum atomic E-state index is 12.7. The Kier molecular flexibility index (Phi) is 6.78. The Morgan fingerprint density at radius 1 is 1.12 bits per heavy atom. The molecule has 1 aromatic heterocycles. The summed E-state index contributed by atoms with van der Waals surface area (Å²) >= 11 is 0. The summed E-state index contributed by atoms with van der Waals surface area (Å²) in [4.78, 5) is 18.9. The molecule has 168 valence electrons. The van der Waals surface area contributed by atoms with E-state index in [1.54, 1.807) is 13.3 Å². The van der Waals surface area contributed by atoms with Gasteiger partial charge >= 0.3 is 0 Å². The number of hydrogen-bond donors (Lipinski definition) is 0. The minimum absolute atomic E-state index is 0.138. The largest absolute Gasteiger partial charge is 0.497 e. The molecule has 1 fully saturated rings. The fourth-order valence-electron chi connectivity index (χ4n) is 3.92. The molecule has 0 saturated carbocycles. The molecule has 3 aromatic rings. The maximum absolute atomic E-state index is 12.7. The Bertz CT molecular complexity index is 1050. The lowest BCUT2D eigenvalue weighted by molar-refractivity contribution is -0.133. The summed E-state index contributed by atoms with van der Waals surface area (Å²) in [5.41, 5.74) is 3.27. The van der Waals surface area contributed by atoms with Gasteiger partial charge in [0.15, 0.2) is 11.7 Å². The molecule has 1 aliphatic heterocycles. The van der Waals surface area contributed by atoms with Crippen LogP contribution in [0.2, 0.25) is 0 Å². The van der Waals surface area contributed by atoms with E-state index in [0.717, 1.165) is 48.6 Å². The van der Waals surface area contributed by atoms with Gasteiger partial charge in [0.25, 0.3) is 0 Å². The molecule has 6 heteroatoms. The molecule has 1 aliphatic rings. The first kappa shape index (κ1) is 21.9. The van der Waals surface area contributed by atoms with E-state index < -0.39 is 0 Å². The summed E-state index contributed by atoms with van der Waals surface area (Å²) in [6, 6.07) is 13.9. The van der Waals surface area contributed by atoms with Crippen molar-refractivity contribution >= 4 is 5.91 Å². The number of aryl methyl sites for hydroxylation is 3. The van der Waals surface area contributed by atoms with Gasteiger partial charge in [0.1, 0.15) is 17.6 Å². The van der Waals surface area contributed by atoms with Crippen LogP contribution in [0.25, 0.3) is 11.3 Å². The van der Waals surface area contributed by atoms with Crippen molar-refractivity contribution < 1.29 is 18.7 Å². The molecule has 32 heavy (non-hydrogen) atoms. The van der Waals surface area contributed by atoms with Crippen molar-refractivity contribution in [2.75, 3.05) is 20.2 Å². The van der Waals surface area contributed by atoms with Gasteiger partial charge in [-0.05, 0) is 55.3 Å². The molecule has 1 amide bonds. The molecule has 0 radical (unpaired) electrons. The minimum atomic E-state index is 0.138. The lowest BCUT2D eigenvalue weighted by Gasteiger charge is -2.32. The number of carbonyl (C=O) groups excluding carboxylic acids is 1. The third kappa shape index (κ3) is 5.31. The van der Waals surface area contributed by atoms with Gasteiger partial charge in [0.2, 0.25) is 5.91 Å². The van der Waals surface area contributed by atoms with Crippen LogP contribution >= 0.6 is 0 Å². The van der Waals surface area contributed by atoms with Gasteiger partial charge in [-0.1, -0.05) is 12.1 Å². The minimum Gasteiger partial charge on any atom is -0.497 e. The number of benzene rings is 2. The Balaban J connectivity index is 1.25. The van der Waals surface area contributed by atoms with Crippen molar-refractivity contribution in [3.63, 3.8) is 0 Å². The van der Waals surface area contributed by atoms with Crippen molar-refractivity contribution in [2.45, 2.75) is 45.6 Å². The highest BCUT2D eigenvalue weighted by Crippen LogP contribution is 2.25. The third-order valence-corrected chi connectivity index (χ3v) is 5.91. The summed E-state index contributed by atoms with van der Waals surface area (Å²) in [5.74, 6) is 3.16. The van der Waals surface area contributed by atoms with Crippen LogP contribution in [-0.2, 0) is 11.2 Å². The normalized spacial score (nSPS) is 14.4. The number of aromatic nitrogens is 1. The second-order valence-electron chi connectivity index (χ2n) is 8.31. The van der Waals surface area contributed by atoms with E-state index in [4.69, 9.17) is 13.9 Å². The highest BCUT2D eigenvalue weighted by molar-refractivity contribution is 5.76. The van der Waals surface area contributed by atoms with E-state index in [2.05, 4.69) is 37.0 Å². The number of carbonyl (C=O) groups is 1. The monoisotopic (exact) mass is 434 g/mol. The third-order valence-electron chi connectivity index (χ3n) is 5.91. The molecule has 0 unspecified atom stereocenters. The first-order valence-corrected chi connectivity index (χ1v) is 11.1. The SMILES string of the molecule is COc1ccc(-c2cnc(CCC(=O)N3CCC(Oc4cc(C)ccc4C)CC3)o2)cc1. The van der Waals surface area contributed by atoms with Crippen molar-refractivity contribution in [3.8, 4) is 22.8 Å². The molecule has 6 nitrogen and oxygen atoms in total. The van der Waals surface area contributed by atoms with Gasteiger partial charge in [0, 0.05) is 44.3 Å². The average Bonchev–Trinajstić information content (AvgIpc) is 3.29. The average molecular weight is 435 g/mol. The van der Waals surface area contributed by atoms with Crippen LogP contribution in [0.3, 0.4) is 0 Å². The van der Waals surface area contributed by atoms with Crippen molar-refractivity contribution in [3.05, 3.63) is 65.7 Å². The van der Waals surface area contributed by atoms with E-state index in [-0.39, 0.29) is 12.0 Å². The second-order valence-corrected chi connectivity index (χ2v) is 8.31. The molecular formula is C26H30N2O4. The zero-order chi connectivity index (χ0) is 22.5. The smallest absolute Gasteiger partial charge is 0.223 e. The van der Waals surface area contributed by atoms with Crippen LogP contribution in [-0.4, -0.2) is 42.1 Å². The molecule has 0 spiro atoms.